The maximum atomic E-state index is 5.99. The van der Waals surface area contributed by atoms with Crippen LogP contribution in [0.3, 0.4) is 0 Å². The second kappa shape index (κ2) is 5.21. The first kappa shape index (κ1) is 12.6. The molecule has 0 aliphatic rings. The van der Waals surface area contributed by atoms with Crippen LogP contribution in [0.25, 0.3) is 0 Å². The molecule has 0 amide bonds. The van der Waals surface area contributed by atoms with Gasteiger partial charge in [-0.15, -0.1) is 0 Å². The Labute approximate surface area is 114 Å². The number of benzene rings is 1. The van der Waals surface area contributed by atoms with Crippen molar-refractivity contribution in [3.63, 3.8) is 0 Å². The lowest BCUT2D eigenvalue weighted by molar-refractivity contribution is 0.642. The lowest BCUT2D eigenvalue weighted by atomic mass is 10.0. The van der Waals surface area contributed by atoms with Gasteiger partial charge < -0.3 is 5.32 Å². The van der Waals surface area contributed by atoms with Crippen LogP contribution < -0.4 is 5.32 Å². The van der Waals surface area contributed by atoms with Crippen molar-refractivity contribution in [1.29, 1.82) is 0 Å². The molecule has 5 heteroatoms. The van der Waals surface area contributed by atoms with Gasteiger partial charge in [-0.2, -0.15) is 5.10 Å². The topological polar surface area (TPSA) is 29.9 Å². The maximum Gasteiger partial charge on any atom is 0.0839 e. The van der Waals surface area contributed by atoms with E-state index in [4.69, 9.17) is 11.6 Å². The zero-order chi connectivity index (χ0) is 12.4. The summed E-state index contributed by atoms with van der Waals surface area (Å²) in [5, 5.41) is 8.38. The largest absolute Gasteiger partial charge is 0.308 e. The summed E-state index contributed by atoms with van der Waals surface area (Å²) in [6.07, 6.45) is 1.94. The van der Waals surface area contributed by atoms with Crippen LogP contribution in [0.5, 0.6) is 0 Å². The van der Waals surface area contributed by atoms with Crippen molar-refractivity contribution >= 4 is 27.5 Å². The number of hydrogen-bond donors (Lipinski definition) is 1. The molecule has 0 bridgehead atoms. The summed E-state index contributed by atoms with van der Waals surface area (Å²) >= 11 is 9.43. The van der Waals surface area contributed by atoms with E-state index in [0.717, 1.165) is 15.7 Å². The average Bonchev–Trinajstić information content (AvgIpc) is 2.71. The van der Waals surface area contributed by atoms with Gasteiger partial charge in [0, 0.05) is 17.7 Å². The van der Waals surface area contributed by atoms with Gasteiger partial charge in [0.15, 0.2) is 0 Å². The van der Waals surface area contributed by atoms with Gasteiger partial charge in [0.25, 0.3) is 0 Å². The van der Waals surface area contributed by atoms with Crippen LogP contribution >= 0.6 is 27.5 Å². The zero-order valence-electron chi connectivity index (χ0n) is 9.61. The van der Waals surface area contributed by atoms with Crippen LogP contribution in [-0.4, -0.2) is 16.8 Å². The summed E-state index contributed by atoms with van der Waals surface area (Å²) in [4.78, 5) is 0. The summed E-state index contributed by atoms with van der Waals surface area (Å²) in [6, 6.07) is 7.98. The Kier molecular flexibility index (Phi) is 3.86. The normalized spacial score (nSPS) is 12.7. The lowest BCUT2D eigenvalue weighted by Gasteiger charge is -2.15. The van der Waals surface area contributed by atoms with Crippen molar-refractivity contribution in [2.75, 3.05) is 7.05 Å². The Hall–Kier alpha value is -0.840. The molecule has 1 atom stereocenters. The second-order valence-electron chi connectivity index (χ2n) is 3.81. The van der Waals surface area contributed by atoms with Crippen LogP contribution in [0, 0.1) is 0 Å². The number of hydrogen-bond acceptors (Lipinski definition) is 2. The minimum Gasteiger partial charge on any atom is -0.308 e. The summed E-state index contributed by atoms with van der Waals surface area (Å²) in [5.41, 5.74) is 2.12. The first-order chi connectivity index (χ1) is 8.11. The highest BCUT2D eigenvalue weighted by atomic mass is 79.9. The predicted octanol–water partition coefficient (Wildman–Crippen LogP) is 3.14. The number of aryl methyl sites for hydroxylation is 1. The first-order valence-electron chi connectivity index (χ1n) is 5.23. The van der Waals surface area contributed by atoms with E-state index in [2.05, 4.69) is 26.3 Å². The third-order valence-corrected chi connectivity index (χ3v) is 3.81. The van der Waals surface area contributed by atoms with E-state index >= 15 is 0 Å². The third-order valence-electron chi connectivity index (χ3n) is 2.60. The third kappa shape index (κ3) is 2.70. The van der Waals surface area contributed by atoms with Gasteiger partial charge in [-0.1, -0.05) is 17.7 Å². The van der Waals surface area contributed by atoms with Crippen molar-refractivity contribution in [3.05, 3.63) is 51.2 Å². The highest BCUT2D eigenvalue weighted by Gasteiger charge is 2.15. The van der Waals surface area contributed by atoms with Gasteiger partial charge in [0.2, 0.25) is 0 Å². The quantitative estimate of drug-likeness (QED) is 0.943. The van der Waals surface area contributed by atoms with Gasteiger partial charge in [0.1, 0.15) is 0 Å². The lowest BCUT2D eigenvalue weighted by Crippen LogP contribution is -2.18. The summed E-state index contributed by atoms with van der Waals surface area (Å²) in [5.74, 6) is 0. The smallest absolute Gasteiger partial charge is 0.0839 e. The molecule has 1 N–H and O–H groups in total. The highest BCUT2D eigenvalue weighted by molar-refractivity contribution is 9.10. The molecule has 0 aliphatic carbocycles. The van der Waals surface area contributed by atoms with E-state index < -0.39 is 0 Å². The van der Waals surface area contributed by atoms with E-state index in [1.807, 2.05) is 44.6 Å². The Morgan fingerprint density at radius 1 is 1.41 bits per heavy atom. The molecule has 1 aromatic heterocycles. The van der Waals surface area contributed by atoms with E-state index in [0.29, 0.717) is 5.02 Å². The minimum absolute atomic E-state index is 0.0739. The Morgan fingerprint density at radius 3 is 2.71 bits per heavy atom. The molecule has 0 radical (unpaired) electrons. The van der Waals surface area contributed by atoms with Crippen molar-refractivity contribution in [3.8, 4) is 0 Å². The fraction of sp³-hybridized carbons (Fsp3) is 0.250. The molecule has 3 nitrogen and oxygen atoms in total. The molecule has 0 saturated carbocycles. The van der Waals surface area contributed by atoms with E-state index in [1.54, 1.807) is 4.68 Å². The molecule has 1 unspecified atom stereocenters. The van der Waals surface area contributed by atoms with Gasteiger partial charge in [-0.05, 0) is 46.7 Å². The molecular formula is C12H13BrClN3. The molecule has 0 fully saturated rings. The number of rotatable bonds is 3. The Morgan fingerprint density at radius 2 is 2.18 bits per heavy atom. The van der Waals surface area contributed by atoms with Crippen LogP contribution in [0.4, 0.5) is 0 Å². The molecule has 0 saturated heterocycles. The van der Waals surface area contributed by atoms with Gasteiger partial charge in [-0.3, -0.25) is 4.68 Å². The second-order valence-corrected chi connectivity index (χ2v) is 5.07. The van der Waals surface area contributed by atoms with Crippen molar-refractivity contribution in [2.24, 2.45) is 7.05 Å². The van der Waals surface area contributed by atoms with Gasteiger partial charge >= 0.3 is 0 Å². The van der Waals surface area contributed by atoms with Crippen LogP contribution in [0.15, 0.2) is 34.9 Å². The molecule has 1 heterocycles. The molecule has 17 heavy (non-hydrogen) atoms. The number of nitrogens with one attached hydrogen (secondary N) is 1. The van der Waals surface area contributed by atoms with Gasteiger partial charge in [0.05, 0.1) is 16.8 Å². The van der Waals surface area contributed by atoms with Gasteiger partial charge in [-0.25, -0.2) is 0 Å². The fourth-order valence-electron chi connectivity index (χ4n) is 1.76. The average molecular weight is 315 g/mol. The molecule has 0 aliphatic heterocycles. The van der Waals surface area contributed by atoms with Crippen molar-refractivity contribution in [1.82, 2.24) is 15.1 Å². The standard InChI is InChI=1S/C12H13BrClN3/c1-15-12(11-5-6-17(2)16-11)8-3-4-10(14)9(13)7-8/h3-7,12,15H,1-2H3. The first-order valence-corrected chi connectivity index (χ1v) is 6.40. The summed E-state index contributed by atoms with van der Waals surface area (Å²) < 4.78 is 2.69. The minimum atomic E-state index is 0.0739. The van der Waals surface area contributed by atoms with E-state index in [-0.39, 0.29) is 6.04 Å². The molecule has 0 spiro atoms. The Bertz CT molecular complexity index is 524. The van der Waals surface area contributed by atoms with Crippen molar-refractivity contribution < 1.29 is 0 Å². The molecule has 1 aromatic carbocycles. The number of halogens is 2. The summed E-state index contributed by atoms with van der Waals surface area (Å²) in [7, 11) is 3.83. The maximum absolute atomic E-state index is 5.99. The van der Waals surface area contributed by atoms with E-state index in [1.165, 1.54) is 0 Å². The summed E-state index contributed by atoms with van der Waals surface area (Å²) in [6.45, 7) is 0. The number of nitrogens with zero attached hydrogens (tertiary/aromatic N) is 2. The molecule has 2 aromatic rings. The van der Waals surface area contributed by atoms with Crippen LogP contribution in [0.1, 0.15) is 17.3 Å². The molecule has 2 rings (SSSR count). The van der Waals surface area contributed by atoms with E-state index in [9.17, 15) is 0 Å². The zero-order valence-corrected chi connectivity index (χ0v) is 12.0. The predicted molar refractivity (Wildman–Crippen MR) is 73.3 cm³/mol. The highest BCUT2D eigenvalue weighted by Crippen LogP contribution is 2.28. The monoisotopic (exact) mass is 313 g/mol. The number of aromatic nitrogens is 2. The SMILES string of the molecule is CNC(c1ccc(Cl)c(Br)c1)c1ccn(C)n1. The van der Waals surface area contributed by atoms with Crippen molar-refractivity contribution in [2.45, 2.75) is 6.04 Å². The molecule has 90 valence electrons. The molecular weight excluding hydrogens is 302 g/mol. The van der Waals surface area contributed by atoms with Crippen LogP contribution in [0.2, 0.25) is 5.02 Å². The van der Waals surface area contributed by atoms with Crippen LogP contribution in [-0.2, 0) is 7.05 Å². The fourth-order valence-corrected chi connectivity index (χ4v) is 2.28. The Balaban J connectivity index is 2.38.